The van der Waals surface area contributed by atoms with Crippen molar-refractivity contribution in [3.05, 3.63) is 152 Å². The van der Waals surface area contributed by atoms with Gasteiger partial charge in [-0.25, -0.2) is 0 Å². The van der Waals surface area contributed by atoms with Gasteiger partial charge in [0.25, 0.3) is 0 Å². The highest BCUT2D eigenvalue weighted by Gasteiger charge is 2.19. The van der Waals surface area contributed by atoms with E-state index >= 15 is 0 Å². The summed E-state index contributed by atoms with van der Waals surface area (Å²) in [7, 11) is 0. The molecule has 3 heterocycles. The Morgan fingerprint density at radius 2 is 1.09 bits per heavy atom. The van der Waals surface area contributed by atoms with Crippen LogP contribution in [0.2, 0.25) is 0 Å². The van der Waals surface area contributed by atoms with Crippen LogP contribution in [0.5, 0.6) is 0 Å². The Morgan fingerprint density at radius 3 is 1.96 bits per heavy atom. The van der Waals surface area contributed by atoms with Crippen LogP contribution in [-0.4, -0.2) is 4.57 Å². The first-order chi connectivity index (χ1) is 22.3. The molecule has 3 heteroatoms. The zero-order valence-electron chi connectivity index (χ0n) is 24.2. The topological polar surface area (TPSA) is 4.93 Å². The average molecular weight is 608 g/mol. The summed E-state index contributed by atoms with van der Waals surface area (Å²) in [5.74, 6) is 0. The number of fused-ring (bicyclic) bond motifs is 9. The van der Waals surface area contributed by atoms with Crippen molar-refractivity contribution in [3.8, 4) is 27.9 Å². The third-order valence-electron chi connectivity index (χ3n) is 9.19. The van der Waals surface area contributed by atoms with Gasteiger partial charge < -0.3 is 4.57 Å². The van der Waals surface area contributed by atoms with Crippen LogP contribution in [0.4, 0.5) is 0 Å². The smallest absolute Gasteiger partial charge is 0.0727 e. The van der Waals surface area contributed by atoms with Crippen LogP contribution in [-0.2, 0) is 0 Å². The third kappa shape index (κ3) is 3.78. The van der Waals surface area contributed by atoms with E-state index in [-0.39, 0.29) is 0 Å². The summed E-state index contributed by atoms with van der Waals surface area (Å²) in [6.07, 6.45) is 0. The normalized spacial score (nSPS) is 12.0. The molecule has 0 amide bonds. The van der Waals surface area contributed by atoms with Gasteiger partial charge in [0.2, 0.25) is 0 Å². The number of para-hydroxylation sites is 2. The highest BCUT2D eigenvalue weighted by molar-refractivity contribution is 7.27. The molecule has 10 rings (SSSR count). The molecule has 3 aromatic heterocycles. The molecule has 45 heavy (non-hydrogen) atoms. The molecule has 0 unspecified atom stereocenters. The van der Waals surface area contributed by atoms with E-state index in [9.17, 15) is 0 Å². The van der Waals surface area contributed by atoms with Crippen molar-refractivity contribution in [3.63, 3.8) is 0 Å². The van der Waals surface area contributed by atoms with Gasteiger partial charge >= 0.3 is 0 Å². The maximum absolute atomic E-state index is 2.43. The molecule has 0 bridgehead atoms. The minimum absolute atomic E-state index is 1.20. The minimum Gasteiger partial charge on any atom is -0.308 e. The van der Waals surface area contributed by atoms with E-state index in [2.05, 4.69) is 156 Å². The minimum atomic E-state index is 1.20. The Balaban J connectivity index is 1.09. The van der Waals surface area contributed by atoms with Crippen LogP contribution < -0.4 is 0 Å². The molecule has 0 atom stereocenters. The Morgan fingerprint density at radius 1 is 0.400 bits per heavy atom. The summed E-state index contributed by atoms with van der Waals surface area (Å²) in [5, 5.41) is 7.90. The molecule has 0 aliphatic rings. The van der Waals surface area contributed by atoms with Crippen molar-refractivity contribution < 1.29 is 0 Å². The lowest BCUT2D eigenvalue weighted by atomic mass is 9.98. The number of thiophene rings is 2. The maximum atomic E-state index is 2.43. The van der Waals surface area contributed by atoms with Crippen molar-refractivity contribution in [1.82, 2.24) is 4.57 Å². The van der Waals surface area contributed by atoms with E-state index in [4.69, 9.17) is 0 Å². The first-order valence-electron chi connectivity index (χ1n) is 15.3. The van der Waals surface area contributed by atoms with Gasteiger partial charge in [-0.15, -0.1) is 22.7 Å². The second kappa shape index (κ2) is 9.64. The van der Waals surface area contributed by atoms with Crippen LogP contribution >= 0.6 is 22.7 Å². The number of nitrogens with zero attached hydrogens (tertiary/aromatic N) is 1. The molecule has 0 saturated carbocycles. The highest BCUT2D eigenvalue weighted by Crippen LogP contribution is 2.46. The zero-order valence-corrected chi connectivity index (χ0v) is 25.8. The van der Waals surface area contributed by atoms with Crippen molar-refractivity contribution >= 4 is 84.8 Å². The molecule has 0 spiro atoms. The number of benzene rings is 7. The van der Waals surface area contributed by atoms with Crippen LogP contribution in [0.25, 0.3) is 90.1 Å². The molecule has 1 nitrogen and oxygen atoms in total. The Kier molecular flexibility index (Phi) is 5.39. The van der Waals surface area contributed by atoms with Crippen molar-refractivity contribution in [1.29, 1.82) is 0 Å². The summed E-state index contributed by atoms with van der Waals surface area (Å²) >= 11 is 3.80. The lowest BCUT2D eigenvalue weighted by Crippen LogP contribution is -1.92. The maximum Gasteiger partial charge on any atom is 0.0727 e. The fraction of sp³-hybridized carbons (Fsp3) is 0. The summed E-state index contributed by atoms with van der Waals surface area (Å²) in [6, 6.07) is 55.7. The number of aromatic nitrogens is 1. The van der Waals surface area contributed by atoms with Crippen LogP contribution in [0.1, 0.15) is 0 Å². The van der Waals surface area contributed by atoms with Gasteiger partial charge in [-0.2, -0.15) is 0 Å². The fourth-order valence-electron chi connectivity index (χ4n) is 7.05. The monoisotopic (exact) mass is 607 g/mol. The van der Waals surface area contributed by atoms with Gasteiger partial charge in [-0.1, -0.05) is 115 Å². The predicted octanol–water partition coefficient (Wildman–Crippen LogP) is 12.9. The third-order valence-corrected chi connectivity index (χ3v) is 11.6. The summed E-state index contributed by atoms with van der Waals surface area (Å²) in [4.78, 5) is 0. The van der Waals surface area contributed by atoms with Gasteiger partial charge in [0.1, 0.15) is 0 Å². The molecule has 10 aromatic rings. The number of hydrogen-bond donors (Lipinski definition) is 0. The lowest BCUT2D eigenvalue weighted by Gasteiger charge is -2.09. The molecular weight excluding hydrogens is 583 g/mol. The SMILES string of the molecule is c1ccc(-n2c3ccccc3c3sc4c(-c5ccc(-c6ccc7c(c6)sc6cc8ccccc8cc67)cc5)cccc4c32)cc1. The van der Waals surface area contributed by atoms with Crippen LogP contribution in [0, 0.1) is 0 Å². The van der Waals surface area contributed by atoms with Gasteiger partial charge in [-0.05, 0) is 69.4 Å². The van der Waals surface area contributed by atoms with E-state index in [1.807, 2.05) is 22.7 Å². The van der Waals surface area contributed by atoms with Gasteiger partial charge in [0, 0.05) is 41.3 Å². The van der Waals surface area contributed by atoms with E-state index in [0.29, 0.717) is 0 Å². The summed E-state index contributed by atoms with van der Waals surface area (Å²) < 4.78 is 7.80. The molecule has 0 radical (unpaired) electrons. The second-order valence-corrected chi connectivity index (χ2v) is 13.8. The van der Waals surface area contributed by atoms with Crippen molar-refractivity contribution in [2.45, 2.75) is 0 Å². The Hall–Kier alpha value is -5.22. The first kappa shape index (κ1) is 25.1. The predicted molar refractivity (Wildman–Crippen MR) is 197 cm³/mol. The molecule has 0 saturated heterocycles. The average Bonchev–Trinajstić information content (AvgIpc) is 3.76. The molecule has 7 aromatic carbocycles. The van der Waals surface area contributed by atoms with E-state index in [1.165, 1.54) is 90.1 Å². The molecule has 0 fully saturated rings. The molecule has 0 N–H and O–H groups in total. The number of hydrogen-bond acceptors (Lipinski definition) is 2. The molecular formula is C42H25NS2. The van der Waals surface area contributed by atoms with Crippen LogP contribution in [0.15, 0.2) is 152 Å². The van der Waals surface area contributed by atoms with E-state index in [0.717, 1.165) is 0 Å². The van der Waals surface area contributed by atoms with Gasteiger partial charge in [-0.3, -0.25) is 0 Å². The van der Waals surface area contributed by atoms with Gasteiger partial charge in [0.15, 0.2) is 0 Å². The number of rotatable bonds is 3. The largest absolute Gasteiger partial charge is 0.308 e. The van der Waals surface area contributed by atoms with Crippen molar-refractivity contribution in [2.75, 3.05) is 0 Å². The molecule has 210 valence electrons. The second-order valence-electron chi connectivity index (χ2n) is 11.7. The van der Waals surface area contributed by atoms with Crippen LogP contribution in [0.3, 0.4) is 0 Å². The van der Waals surface area contributed by atoms with Crippen molar-refractivity contribution in [2.24, 2.45) is 0 Å². The van der Waals surface area contributed by atoms with E-state index in [1.54, 1.807) is 0 Å². The lowest BCUT2D eigenvalue weighted by molar-refractivity contribution is 1.19. The summed E-state index contributed by atoms with van der Waals surface area (Å²) in [5.41, 5.74) is 8.79. The first-order valence-corrected chi connectivity index (χ1v) is 16.9. The van der Waals surface area contributed by atoms with Gasteiger partial charge in [0.05, 0.1) is 15.7 Å². The Bertz CT molecular complexity index is 2740. The molecule has 0 aliphatic heterocycles. The zero-order chi connectivity index (χ0) is 29.5. The van der Waals surface area contributed by atoms with E-state index < -0.39 is 0 Å². The Labute approximate surface area is 267 Å². The fourth-order valence-corrected chi connectivity index (χ4v) is 9.58. The summed E-state index contributed by atoms with van der Waals surface area (Å²) in [6.45, 7) is 0. The highest BCUT2D eigenvalue weighted by atomic mass is 32.1. The quantitative estimate of drug-likeness (QED) is 0.188. The standard InChI is InChI=1S/C42H25NS2/c1-2-11-31(12-3-1)43-37-16-7-6-13-34(37)42-40(43)35-15-8-14-32(41(35)45-42)27-19-17-26(18-20-27)30-21-22-33-36-23-28-9-4-5-10-29(28)24-39(36)44-38(33)25-30/h1-25H. The molecule has 0 aliphatic carbocycles.